The summed E-state index contributed by atoms with van der Waals surface area (Å²) in [6.07, 6.45) is 3.44. The van der Waals surface area contributed by atoms with Crippen molar-refractivity contribution in [1.82, 2.24) is 14.8 Å². The van der Waals surface area contributed by atoms with E-state index in [4.69, 9.17) is 0 Å². The van der Waals surface area contributed by atoms with Crippen LogP contribution in [0.2, 0.25) is 0 Å². The molecule has 25 heavy (non-hydrogen) atoms. The monoisotopic (exact) mass is 330 g/mol. The van der Waals surface area contributed by atoms with Crippen LogP contribution in [0.25, 0.3) is 16.9 Å². The number of para-hydroxylation sites is 1. The molecule has 4 aromatic rings. The van der Waals surface area contributed by atoms with E-state index in [1.54, 1.807) is 24.5 Å². The fraction of sp³-hybridized carbons (Fsp3) is 0. The van der Waals surface area contributed by atoms with Crippen LogP contribution in [0.3, 0.4) is 0 Å². The number of anilines is 2. The maximum absolute atomic E-state index is 13.3. The van der Waals surface area contributed by atoms with E-state index in [0.29, 0.717) is 5.82 Å². The molecule has 0 aliphatic heterocycles. The highest BCUT2D eigenvalue weighted by Crippen LogP contribution is 2.27. The minimum atomic E-state index is -0.263. The first-order valence-corrected chi connectivity index (χ1v) is 7.88. The Balaban J connectivity index is 1.79. The summed E-state index contributed by atoms with van der Waals surface area (Å²) in [5, 5.41) is 7.95. The molecule has 0 atom stereocenters. The van der Waals surface area contributed by atoms with Gasteiger partial charge < -0.3 is 5.32 Å². The molecule has 4 rings (SSSR count). The number of hydrogen-bond acceptors (Lipinski definition) is 3. The first-order valence-electron chi connectivity index (χ1n) is 7.88. The first-order chi connectivity index (χ1) is 12.3. The molecule has 0 amide bonds. The van der Waals surface area contributed by atoms with E-state index in [1.807, 2.05) is 53.2 Å². The van der Waals surface area contributed by atoms with Crippen molar-refractivity contribution in [3.05, 3.63) is 91.0 Å². The Hall–Kier alpha value is -3.47. The second-order valence-electron chi connectivity index (χ2n) is 5.53. The van der Waals surface area contributed by atoms with Crippen LogP contribution in [-0.4, -0.2) is 14.8 Å². The highest BCUT2D eigenvalue weighted by atomic mass is 19.1. The lowest BCUT2D eigenvalue weighted by Crippen LogP contribution is -2.00. The molecular weight excluding hydrogens is 315 g/mol. The third-order valence-corrected chi connectivity index (χ3v) is 3.80. The molecule has 0 fully saturated rings. The highest BCUT2D eigenvalue weighted by Gasteiger charge is 2.12. The van der Waals surface area contributed by atoms with Crippen LogP contribution in [-0.2, 0) is 0 Å². The summed E-state index contributed by atoms with van der Waals surface area (Å²) in [6, 6.07) is 21.9. The van der Waals surface area contributed by atoms with Gasteiger partial charge >= 0.3 is 0 Å². The fourth-order valence-corrected chi connectivity index (χ4v) is 2.62. The average molecular weight is 330 g/mol. The Kier molecular flexibility index (Phi) is 3.96. The maximum Gasteiger partial charge on any atom is 0.153 e. The van der Waals surface area contributed by atoms with Crippen molar-refractivity contribution in [2.75, 3.05) is 5.32 Å². The van der Waals surface area contributed by atoms with E-state index in [1.165, 1.54) is 12.1 Å². The van der Waals surface area contributed by atoms with Crippen LogP contribution in [0.5, 0.6) is 0 Å². The molecule has 0 spiro atoms. The number of halogens is 1. The Labute approximate surface area is 144 Å². The molecule has 2 heterocycles. The lowest BCUT2D eigenvalue weighted by atomic mass is 10.1. The average Bonchev–Trinajstić information content (AvgIpc) is 3.08. The van der Waals surface area contributed by atoms with Gasteiger partial charge in [-0.3, -0.25) is 4.98 Å². The number of pyridine rings is 1. The van der Waals surface area contributed by atoms with Gasteiger partial charge in [-0.2, -0.15) is 0 Å². The van der Waals surface area contributed by atoms with E-state index in [9.17, 15) is 4.39 Å². The summed E-state index contributed by atoms with van der Waals surface area (Å²) < 4.78 is 15.1. The van der Waals surface area contributed by atoms with Gasteiger partial charge in [0.2, 0.25) is 0 Å². The largest absolute Gasteiger partial charge is 0.339 e. The molecule has 0 aliphatic rings. The summed E-state index contributed by atoms with van der Waals surface area (Å²) in [4.78, 5) is 4.05. The molecule has 2 aromatic carbocycles. The first kappa shape index (κ1) is 15.1. The van der Waals surface area contributed by atoms with Crippen LogP contribution in [0, 0.1) is 5.82 Å². The summed E-state index contributed by atoms with van der Waals surface area (Å²) in [6.45, 7) is 0. The van der Waals surface area contributed by atoms with Gasteiger partial charge in [0.15, 0.2) is 5.82 Å². The summed E-state index contributed by atoms with van der Waals surface area (Å²) in [7, 11) is 0. The predicted molar refractivity (Wildman–Crippen MR) is 96.5 cm³/mol. The van der Waals surface area contributed by atoms with Crippen molar-refractivity contribution in [2.24, 2.45) is 0 Å². The zero-order chi connectivity index (χ0) is 17.1. The van der Waals surface area contributed by atoms with Gasteiger partial charge in [0.25, 0.3) is 0 Å². The minimum Gasteiger partial charge on any atom is -0.339 e. The molecule has 0 radical (unpaired) electrons. The third-order valence-electron chi connectivity index (χ3n) is 3.80. The highest BCUT2D eigenvalue weighted by molar-refractivity contribution is 5.68. The molecule has 0 bridgehead atoms. The molecule has 1 N–H and O–H groups in total. The SMILES string of the molecule is Fc1ccc(-c2cc(Nc3ccccc3)nn2-c2ccncc2)cc1. The molecule has 0 saturated carbocycles. The smallest absolute Gasteiger partial charge is 0.153 e. The molecule has 0 aliphatic carbocycles. The fourth-order valence-electron chi connectivity index (χ4n) is 2.62. The summed E-state index contributed by atoms with van der Waals surface area (Å²) in [5.41, 5.74) is 3.58. The molecule has 5 heteroatoms. The van der Waals surface area contributed by atoms with Crippen LogP contribution in [0.1, 0.15) is 0 Å². The van der Waals surface area contributed by atoms with Crippen LogP contribution in [0.15, 0.2) is 85.2 Å². The summed E-state index contributed by atoms with van der Waals surface area (Å²) in [5.74, 6) is 0.448. The second kappa shape index (κ2) is 6.57. The van der Waals surface area contributed by atoms with Crippen molar-refractivity contribution in [2.45, 2.75) is 0 Å². The maximum atomic E-state index is 13.3. The Morgan fingerprint density at radius 3 is 2.28 bits per heavy atom. The zero-order valence-electron chi connectivity index (χ0n) is 13.3. The van der Waals surface area contributed by atoms with E-state index in [-0.39, 0.29) is 5.82 Å². The predicted octanol–water partition coefficient (Wildman–Crippen LogP) is 4.82. The number of rotatable bonds is 4. The van der Waals surface area contributed by atoms with Gasteiger partial charge in [-0.25, -0.2) is 9.07 Å². The Morgan fingerprint density at radius 1 is 0.840 bits per heavy atom. The lowest BCUT2D eigenvalue weighted by molar-refractivity contribution is 0.628. The van der Waals surface area contributed by atoms with Gasteiger partial charge in [0, 0.05) is 29.7 Å². The van der Waals surface area contributed by atoms with Crippen molar-refractivity contribution in [3.8, 4) is 16.9 Å². The molecule has 2 aromatic heterocycles. The van der Waals surface area contributed by atoms with E-state index >= 15 is 0 Å². The topological polar surface area (TPSA) is 42.7 Å². The third kappa shape index (κ3) is 3.26. The van der Waals surface area contributed by atoms with Gasteiger partial charge in [0.05, 0.1) is 11.4 Å². The van der Waals surface area contributed by atoms with Crippen molar-refractivity contribution < 1.29 is 4.39 Å². The molecule has 0 saturated heterocycles. The number of nitrogens with one attached hydrogen (secondary N) is 1. The summed E-state index contributed by atoms with van der Waals surface area (Å²) >= 11 is 0. The van der Waals surface area contributed by atoms with Crippen LogP contribution < -0.4 is 5.32 Å². The van der Waals surface area contributed by atoms with E-state index in [0.717, 1.165) is 22.6 Å². The number of benzene rings is 2. The zero-order valence-corrected chi connectivity index (χ0v) is 13.3. The van der Waals surface area contributed by atoms with Gasteiger partial charge in [-0.05, 0) is 48.5 Å². The van der Waals surface area contributed by atoms with Crippen molar-refractivity contribution >= 4 is 11.5 Å². The van der Waals surface area contributed by atoms with Crippen molar-refractivity contribution in [3.63, 3.8) is 0 Å². The van der Waals surface area contributed by atoms with Crippen LogP contribution in [0.4, 0.5) is 15.9 Å². The van der Waals surface area contributed by atoms with Gasteiger partial charge in [-0.15, -0.1) is 5.10 Å². The lowest BCUT2D eigenvalue weighted by Gasteiger charge is -2.07. The Bertz CT molecular complexity index is 964. The van der Waals surface area contributed by atoms with Crippen molar-refractivity contribution in [1.29, 1.82) is 0 Å². The number of aromatic nitrogens is 3. The Morgan fingerprint density at radius 2 is 1.56 bits per heavy atom. The molecule has 4 nitrogen and oxygen atoms in total. The van der Waals surface area contributed by atoms with E-state index in [2.05, 4.69) is 15.4 Å². The van der Waals surface area contributed by atoms with E-state index < -0.39 is 0 Å². The normalized spacial score (nSPS) is 10.6. The second-order valence-corrected chi connectivity index (χ2v) is 5.53. The number of nitrogens with zero attached hydrogens (tertiary/aromatic N) is 3. The molecular formula is C20H15FN4. The standard InChI is InChI=1S/C20H15FN4/c21-16-8-6-15(7-9-16)19-14-20(23-17-4-2-1-3-5-17)24-25(19)18-10-12-22-13-11-18/h1-14H,(H,23,24). The van der Waals surface area contributed by atoms with Gasteiger partial charge in [-0.1, -0.05) is 18.2 Å². The minimum absolute atomic E-state index is 0.263. The van der Waals surface area contributed by atoms with Crippen LogP contribution >= 0.6 is 0 Å². The molecule has 122 valence electrons. The molecule has 0 unspecified atom stereocenters. The number of hydrogen-bond donors (Lipinski definition) is 1. The van der Waals surface area contributed by atoms with Gasteiger partial charge in [0.1, 0.15) is 5.82 Å². The quantitative estimate of drug-likeness (QED) is 0.583.